The molecule has 0 bridgehead atoms. The Labute approximate surface area is 171 Å². The Bertz CT molecular complexity index is 878. The zero-order chi connectivity index (χ0) is 19.5. The molecule has 27 heavy (non-hydrogen) atoms. The van der Waals surface area contributed by atoms with Gasteiger partial charge in [0.25, 0.3) is 0 Å². The van der Waals surface area contributed by atoms with Gasteiger partial charge in [0.05, 0.1) is 5.56 Å². The number of alkyl halides is 3. The van der Waals surface area contributed by atoms with Crippen molar-refractivity contribution in [2.24, 2.45) is 0 Å². The molecule has 0 nitrogen and oxygen atoms in total. The van der Waals surface area contributed by atoms with Gasteiger partial charge in [-0.15, -0.1) is 0 Å². The highest BCUT2D eigenvalue weighted by Gasteiger charge is 2.35. The van der Waals surface area contributed by atoms with Gasteiger partial charge in [-0.2, -0.15) is 13.2 Å². The van der Waals surface area contributed by atoms with E-state index in [1.165, 1.54) is 22.5 Å². The summed E-state index contributed by atoms with van der Waals surface area (Å²) in [6, 6.07) is 26.0. The first kappa shape index (κ1) is 19.9. The Hall–Kier alpha value is -1.86. The second-order valence-electron chi connectivity index (χ2n) is 6.47. The predicted octanol–water partition coefficient (Wildman–Crippen LogP) is 5.91. The highest BCUT2D eigenvalue weighted by molar-refractivity contribution is 14.1. The lowest BCUT2D eigenvalue weighted by molar-refractivity contribution is -0.137. The third-order valence-corrected chi connectivity index (χ3v) is 12.3. The third-order valence-electron chi connectivity index (χ3n) is 4.71. The summed E-state index contributed by atoms with van der Waals surface area (Å²) in [6.45, 7) is 2.28. The Morgan fingerprint density at radius 2 is 1.22 bits per heavy atom. The molecule has 3 aromatic rings. The first-order valence-electron chi connectivity index (χ1n) is 8.48. The lowest BCUT2D eigenvalue weighted by Crippen LogP contribution is -2.56. The lowest BCUT2D eigenvalue weighted by Gasteiger charge is -2.29. The van der Waals surface area contributed by atoms with Crippen molar-refractivity contribution in [3.63, 3.8) is 0 Å². The van der Waals surface area contributed by atoms with Gasteiger partial charge in [-0.3, -0.25) is 0 Å². The largest absolute Gasteiger partial charge is 0.416 e. The molecule has 5 heteroatoms. The first-order valence-corrected chi connectivity index (χ1v) is 12.1. The van der Waals surface area contributed by atoms with Crippen molar-refractivity contribution in [3.8, 4) is 0 Å². The average molecular weight is 494 g/mol. The summed E-state index contributed by atoms with van der Waals surface area (Å²) in [6.07, 6.45) is -2.31. The highest BCUT2D eigenvalue weighted by Crippen LogP contribution is 2.30. The Morgan fingerprint density at radius 3 is 1.63 bits per heavy atom. The quantitative estimate of drug-likeness (QED) is 0.313. The summed E-state index contributed by atoms with van der Waals surface area (Å²) < 4.78 is 39.6. The molecule has 0 aliphatic rings. The van der Waals surface area contributed by atoms with E-state index < -0.39 is 19.8 Å². The molecule has 138 valence electrons. The van der Waals surface area contributed by atoms with Crippen molar-refractivity contribution in [1.29, 1.82) is 0 Å². The van der Waals surface area contributed by atoms with Gasteiger partial charge in [-0.05, 0) is 37.3 Å². The lowest BCUT2D eigenvalue weighted by atomic mass is 10.1. The minimum atomic E-state index is -4.31. The zero-order valence-corrected chi connectivity index (χ0v) is 17.8. The summed E-state index contributed by atoms with van der Waals surface area (Å²) in [5, 5.41) is 2.53. The standard InChI is InChI=1S/C22H18F3ISi/c1-27(19-8-4-2-5-9-19,20-10-6-3-7-11-20)21(26)16-17-12-14-18(15-13-17)22(23,24)25/h2-16H,1H3/b21-16+. The van der Waals surface area contributed by atoms with Crippen LogP contribution in [0.4, 0.5) is 13.2 Å². The van der Waals surface area contributed by atoms with E-state index in [0.717, 1.165) is 20.9 Å². The zero-order valence-electron chi connectivity index (χ0n) is 14.7. The number of benzene rings is 3. The van der Waals surface area contributed by atoms with Gasteiger partial charge in [-0.1, -0.05) is 102 Å². The molecule has 3 rings (SSSR count). The van der Waals surface area contributed by atoms with Gasteiger partial charge >= 0.3 is 6.18 Å². The van der Waals surface area contributed by atoms with Gasteiger partial charge in [0, 0.05) is 0 Å². The smallest absolute Gasteiger partial charge is 0.166 e. The number of hydrogen-bond donors (Lipinski definition) is 0. The molecule has 0 amide bonds. The molecule has 0 aliphatic carbocycles. The molecular formula is C22H18F3ISi. The Kier molecular flexibility index (Phi) is 5.91. The molecule has 0 aliphatic heterocycles. The molecule has 0 saturated carbocycles. The maximum Gasteiger partial charge on any atom is 0.416 e. The van der Waals surface area contributed by atoms with E-state index in [-0.39, 0.29) is 0 Å². The van der Waals surface area contributed by atoms with Gasteiger partial charge in [0.15, 0.2) is 8.07 Å². The molecule has 0 saturated heterocycles. The predicted molar refractivity (Wildman–Crippen MR) is 117 cm³/mol. The maximum absolute atomic E-state index is 12.8. The summed E-state index contributed by atoms with van der Waals surface area (Å²) >= 11 is 2.36. The molecule has 0 aromatic heterocycles. The second-order valence-corrected chi connectivity index (χ2v) is 12.6. The van der Waals surface area contributed by atoms with Crippen LogP contribution < -0.4 is 10.4 Å². The maximum atomic E-state index is 12.8. The van der Waals surface area contributed by atoms with Crippen LogP contribution in [0.1, 0.15) is 11.1 Å². The van der Waals surface area contributed by atoms with Crippen molar-refractivity contribution in [2.45, 2.75) is 12.7 Å². The monoisotopic (exact) mass is 494 g/mol. The fourth-order valence-corrected chi connectivity index (χ4v) is 8.33. The van der Waals surface area contributed by atoms with Crippen LogP contribution in [0.5, 0.6) is 0 Å². The Morgan fingerprint density at radius 1 is 0.778 bits per heavy atom. The minimum Gasteiger partial charge on any atom is -0.166 e. The van der Waals surface area contributed by atoms with Crippen molar-refractivity contribution in [3.05, 3.63) is 99.3 Å². The van der Waals surface area contributed by atoms with E-state index in [2.05, 4.69) is 53.4 Å². The molecule has 0 fully saturated rings. The summed E-state index contributed by atoms with van der Waals surface area (Å²) in [5.41, 5.74) is 0.152. The fourth-order valence-electron chi connectivity index (χ4n) is 3.04. The van der Waals surface area contributed by atoms with Gasteiger partial charge in [-0.25, -0.2) is 0 Å². The van der Waals surface area contributed by atoms with E-state index in [0.29, 0.717) is 0 Å². The summed E-state index contributed by atoms with van der Waals surface area (Å²) in [7, 11) is -2.21. The number of rotatable bonds is 4. The molecule has 0 radical (unpaired) electrons. The van der Waals surface area contributed by atoms with E-state index in [9.17, 15) is 13.2 Å². The SMILES string of the molecule is C[Si](/C(I)=C/c1ccc(C(F)(F)F)cc1)(c1ccccc1)c1ccccc1. The van der Waals surface area contributed by atoms with Crippen LogP contribution in [0.3, 0.4) is 0 Å². The molecule has 0 atom stereocenters. The topological polar surface area (TPSA) is 0 Å². The first-order chi connectivity index (χ1) is 12.8. The van der Waals surface area contributed by atoms with Crippen LogP contribution in [0, 0.1) is 0 Å². The summed E-state index contributed by atoms with van der Waals surface area (Å²) in [4.78, 5) is 0. The van der Waals surface area contributed by atoms with Crippen LogP contribution in [0.2, 0.25) is 6.55 Å². The van der Waals surface area contributed by atoms with Crippen molar-refractivity contribution in [2.75, 3.05) is 0 Å². The number of halogens is 4. The van der Waals surface area contributed by atoms with E-state index in [1.807, 2.05) is 42.5 Å². The van der Waals surface area contributed by atoms with Crippen LogP contribution in [0.15, 0.2) is 88.1 Å². The molecule has 0 unspecified atom stereocenters. The fraction of sp³-hybridized carbons (Fsp3) is 0.0909. The third kappa shape index (κ3) is 4.35. The normalized spacial score (nSPS) is 12.9. The van der Waals surface area contributed by atoms with E-state index >= 15 is 0 Å². The highest BCUT2D eigenvalue weighted by atomic mass is 127. The van der Waals surface area contributed by atoms with Crippen molar-refractivity contribution >= 4 is 47.1 Å². The second kappa shape index (κ2) is 8.02. The van der Waals surface area contributed by atoms with Gasteiger partial charge in [0.2, 0.25) is 0 Å². The van der Waals surface area contributed by atoms with Crippen LogP contribution >= 0.6 is 22.6 Å². The van der Waals surface area contributed by atoms with Gasteiger partial charge in [0.1, 0.15) is 0 Å². The molecule has 0 spiro atoms. The Balaban J connectivity index is 2.06. The summed E-state index contributed by atoms with van der Waals surface area (Å²) in [5.74, 6) is 0. The molecule has 0 heterocycles. The van der Waals surface area contributed by atoms with E-state index in [4.69, 9.17) is 0 Å². The minimum absolute atomic E-state index is 0.624. The van der Waals surface area contributed by atoms with Crippen LogP contribution in [0.25, 0.3) is 6.08 Å². The van der Waals surface area contributed by atoms with E-state index in [1.54, 1.807) is 0 Å². The average Bonchev–Trinajstić information content (AvgIpc) is 2.68. The van der Waals surface area contributed by atoms with Crippen molar-refractivity contribution < 1.29 is 13.2 Å². The molecule has 3 aromatic carbocycles. The molecular weight excluding hydrogens is 476 g/mol. The molecule has 0 N–H and O–H groups in total. The van der Waals surface area contributed by atoms with Gasteiger partial charge < -0.3 is 0 Å². The van der Waals surface area contributed by atoms with Crippen LogP contribution in [-0.2, 0) is 6.18 Å². The van der Waals surface area contributed by atoms with Crippen molar-refractivity contribution in [1.82, 2.24) is 0 Å². The van der Waals surface area contributed by atoms with Crippen LogP contribution in [-0.4, -0.2) is 8.07 Å². The number of hydrogen-bond acceptors (Lipinski definition) is 0.